The number of rotatable bonds is 2. The van der Waals surface area contributed by atoms with Crippen molar-refractivity contribution >= 4 is 0 Å². The van der Waals surface area contributed by atoms with E-state index < -0.39 is 23.7 Å². The molecule has 2 nitrogen and oxygen atoms in total. The number of halogens is 4. The minimum atomic E-state index is -4.80. The van der Waals surface area contributed by atoms with Crippen LogP contribution in [0, 0.1) is 12.7 Å². The topological polar surface area (TPSA) is 33.1 Å². The molecule has 0 saturated carbocycles. The van der Waals surface area contributed by atoms with Gasteiger partial charge in [0.25, 0.3) is 0 Å². The van der Waals surface area contributed by atoms with Crippen LogP contribution in [0.1, 0.15) is 28.5 Å². The van der Waals surface area contributed by atoms with Gasteiger partial charge in [-0.2, -0.15) is 13.2 Å². The molecule has 0 aliphatic heterocycles. The fourth-order valence-electron chi connectivity index (χ4n) is 1.76. The highest BCUT2D eigenvalue weighted by molar-refractivity contribution is 5.33. The third-order valence-electron chi connectivity index (χ3n) is 2.86. The second-order valence-electron chi connectivity index (χ2n) is 4.37. The lowest BCUT2D eigenvalue weighted by atomic mass is 10.0. The van der Waals surface area contributed by atoms with Crippen LogP contribution >= 0.6 is 0 Å². The highest BCUT2D eigenvalue weighted by Gasteiger charge is 2.34. The van der Waals surface area contributed by atoms with Crippen LogP contribution in [0.4, 0.5) is 17.6 Å². The van der Waals surface area contributed by atoms with Crippen LogP contribution in [0.3, 0.4) is 0 Å². The molecule has 0 fully saturated rings. The van der Waals surface area contributed by atoms with Crippen molar-refractivity contribution < 1.29 is 22.7 Å². The Bertz CT molecular complexity index is 608. The van der Waals surface area contributed by atoms with Gasteiger partial charge in [0, 0.05) is 17.5 Å². The normalized spacial score (nSPS) is 13.3. The number of aromatic nitrogens is 1. The first-order valence-corrected chi connectivity index (χ1v) is 5.76. The third kappa shape index (κ3) is 2.96. The second-order valence-corrected chi connectivity index (χ2v) is 4.37. The van der Waals surface area contributed by atoms with Crippen LogP contribution in [0.5, 0.6) is 0 Å². The van der Waals surface area contributed by atoms with Gasteiger partial charge in [0.15, 0.2) is 0 Å². The standard InChI is InChI=1S/C14H11F4NO/c1-8-2-3-10(7-19-8)13(20)9-4-5-12(15)11(6-9)14(16,17)18/h2-7,13,20H,1H3. The van der Waals surface area contributed by atoms with Crippen LogP contribution in [-0.2, 0) is 6.18 Å². The Morgan fingerprint density at radius 1 is 1.10 bits per heavy atom. The molecule has 106 valence electrons. The van der Waals surface area contributed by atoms with Gasteiger partial charge in [-0.1, -0.05) is 12.1 Å². The van der Waals surface area contributed by atoms with Crippen molar-refractivity contribution in [3.05, 3.63) is 64.7 Å². The van der Waals surface area contributed by atoms with Gasteiger partial charge in [-0.05, 0) is 30.7 Å². The van der Waals surface area contributed by atoms with Gasteiger partial charge in [-0.15, -0.1) is 0 Å². The Morgan fingerprint density at radius 2 is 1.75 bits per heavy atom. The number of aliphatic hydroxyl groups is 1. The van der Waals surface area contributed by atoms with Gasteiger partial charge in [0.1, 0.15) is 11.9 Å². The largest absolute Gasteiger partial charge is 0.419 e. The fourth-order valence-corrected chi connectivity index (χ4v) is 1.76. The molecule has 0 aliphatic rings. The lowest BCUT2D eigenvalue weighted by Gasteiger charge is -2.14. The summed E-state index contributed by atoms with van der Waals surface area (Å²) in [5.41, 5.74) is -0.370. The van der Waals surface area contributed by atoms with Crippen molar-refractivity contribution in [1.82, 2.24) is 4.98 Å². The van der Waals surface area contributed by atoms with Gasteiger partial charge in [0.05, 0.1) is 5.56 Å². The van der Waals surface area contributed by atoms with E-state index in [9.17, 15) is 22.7 Å². The maximum atomic E-state index is 13.2. The van der Waals surface area contributed by atoms with E-state index >= 15 is 0 Å². The molecule has 0 saturated heterocycles. The Labute approximate surface area is 112 Å². The van der Waals surface area contributed by atoms with E-state index in [1.165, 1.54) is 6.20 Å². The Morgan fingerprint density at radius 3 is 2.30 bits per heavy atom. The van der Waals surface area contributed by atoms with E-state index in [2.05, 4.69) is 4.98 Å². The van der Waals surface area contributed by atoms with Crippen molar-refractivity contribution in [2.45, 2.75) is 19.2 Å². The number of benzene rings is 1. The van der Waals surface area contributed by atoms with Crippen LogP contribution < -0.4 is 0 Å². The predicted octanol–water partition coefficient (Wildman–Crippen LogP) is 3.63. The minimum Gasteiger partial charge on any atom is -0.384 e. The minimum absolute atomic E-state index is 0.0376. The van der Waals surface area contributed by atoms with E-state index in [-0.39, 0.29) is 5.56 Å². The van der Waals surface area contributed by atoms with Crippen molar-refractivity contribution in [3.63, 3.8) is 0 Å². The molecule has 2 rings (SSSR count). The van der Waals surface area contributed by atoms with Crippen molar-refractivity contribution in [3.8, 4) is 0 Å². The van der Waals surface area contributed by atoms with Crippen LogP contribution in [-0.4, -0.2) is 10.1 Å². The number of hydrogen-bond donors (Lipinski definition) is 1. The maximum Gasteiger partial charge on any atom is 0.419 e. The first-order chi connectivity index (χ1) is 9.29. The molecule has 1 heterocycles. The number of aliphatic hydroxyl groups excluding tert-OH is 1. The summed E-state index contributed by atoms with van der Waals surface area (Å²) < 4.78 is 51.0. The molecule has 0 aliphatic carbocycles. The molecule has 1 atom stereocenters. The predicted molar refractivity (Wildman–Crippen MR) is 64.4 cm³/mol. The molecule has 2 aromatic rings. The van der Waals surface area contributed by atoms with Gasteiger partial charge in [-0.25, -0.2) is 4.39 Å². The maximum absolute atomic E-state index is 13.2. The van der Waals surface area contributed by atoms with E-state index in [0.29, 0.717) is 17.7 Å². The number of aryl methyl sites for hydroxylation is 1. The number of pyridine rings is 1. The molecular formula is C14H11F4NO. The Balaban J connectivity index is 2.40. The lowest BCUT2D eigenvalue weighted by molar-refractivity contribution is -0.140. The molecule has 1 N–H and O–H groups in total. The van der Waals surface area contributed by atoms with Crippen molar-refractivity contribution in [2.24, 2.45) is 0 Å². The van der Waals surface area contributed by atoms with Crippen LogP contribution in [0.2, 0.25) is 0 Å². The molecule has 0 amide bonds. The molecule has 20 heavy (non-hydrogen) atoms. The molecule has 0 bridgehead atoms. The average molecular weight is 285 g/mol. The molecule has 0 spiro atoms. The van der Waals surface area contributed by atoms with Crippen molar-refractivity contribution in [2.75, 3.05) is 0 Å². The summed E-state index contributed by atoms with van der Waals surface area (Å²) in [6.45, 7) is 1.75. The monoisotopic (exact) mass is 285 g/mol. The van der Waals surface area contributed by atoms with E-state index in [4.69, 9.17) is 0 Å². The van der Waals surface area contributed by atoms with E-state index in [1.54, 1.807) is 19.1 Å². The summed E-state index contributed by atoms with van der Waals surface area (Å²) in [5, 5.41) is 10.0. The summed E-state index contributed by atoms with van der Waals surface area (Å²) in [4.78, 5) is 3.96. The molecule has 0 radical (unpaired) electrons. The average Bonchev–Trinajstić information content (AvgIpc) is 2.38. The van der Waals surface area contributed by atoms with Gasteiger partial charge >= 0.3 is 6.18 Å². The Kier molecular flexibility index (Phi) is 3.76. The fraction of sp³-hybridized carbons (Fsp3) is 0.214. The van der Waals surface area contributed by atoms with Crippen LogP contribution in [0.15, 0.2) is 36.5 Å². The third-order valence-corrected chi connectivity index (χ3v) is 2.86. The van der Waals surface area contributed by atoms with Crippen LogP contribution in [0.25, 0.3) is 0 Å². The Hall–Kier alpha value is -1.95. The SMILES string of the molecule is Cc1ccc(C(O)c2ccc(F)c(C(F)(F)F)c2)cn1. The van der Waals surface area contributed by atoms with Crippen molar-refractivity contribution in [1.29, 1.82) is 0 Å². The highest BCUT2D eigenvalue weighted by Crippen LogP contribution is 2.34. The first-order valence-electron chi connectivity index (χ1n) is 5.76. The highest BCUT2D eigenvalue weighted by atomic mass is 19.4. The summed E-state index contributed by atoms with van der Waals surface area (Å²) in [7, 11) is 0. The zero-order valence-electron chi connectivity index (χ0n) is 10.4. The van der Waals surface area contributed by atoms with Gasteiger partial charge < -0.3 is 5.11 Å². The lowest BCUT2D eigenvalue weighted by Crippen LogP contribution is -2.10. The van der Waals surface area contributed by atoms with Gasteiger partial charge in [0.2, 0.25) is 0 Å². The quantitative estimate of drug-likeness (QED) is 0.855. The number of nitrogens with zero attached hydrogens (tertiary/aromatic N) is 1. The molecular weight excluding hydrogens is 274 g/mol. The zero-order valence-corrected chi connectivity index (χ0v) is 10.4. The smallest absolute Gasteiger partial charge is 0.384 e. The van der Waals surface area contributed by atoms with E-state index in [1.807, 2.05) is 0 Å². The van der Waals surface area contributed by atoms with Gasteiger partial charge in [-0.3, -0.25) is 4.98 Å². The van der Waals surface area contributed by atoms with E-state index in [0.717, 1.165) is 11.8 Å². The summed E-state index contributed by atoms with van der Waals surface area (Å²) >= 11 is 0. The number of hydrogen-bond acceptors (Lipinski definition) is 2. The summed E-state index contributed by atoms with van der Waals surface area (Å²) in [5.74, 6) is -1.37. The first kappa shape index (κ1) is 14.5. The molecule has 1 unspecified atom stereocenters. The number of alkyl halides is 3. The molecule has 1 aromatic carbocycles. The zero-order chi connectivity index (χ0) is 14.9. The molecule has 1 aromatic heterocycles. The molecule has 6 heteroatoms. The summed E-state index contributed by atoms with van der Waals surface area (Å²) in [6.07, 6.45) is -4.72. The summed E-state index contributed by atoms with van der Waals surface area (Å²) in [6, 6.07) is 5.62. The second kappa shape index (κ2) is 5.20.